The summed E-state index contributed by atoms with van der Waals surface area (Å²) in [5.41, 5.74) is 5.12. The third-order valence-electron chi connectivity index (χ3n) is 5.19. The van der Waals surface area contributed by atoms with Gasteiger partial charge in [0.05, 0.1) is 0 Å². The normalized spacial score (nSPS) is 16.4. The molecule has 1 aliphatic heterocycles. The lowest BCUT2D eigenvalue weighted by Crippen LogP contribution is -2.46. The maximum atomic E-state index is 11.3. The summed E-state index contributed by atoms with van der Waals surface area (Å²) in [4.78, 5) is 5.03. The second kappa shape index (κ2) is 10.0. The molecule has 1 N–H and O–H groups in total. The summed E-state index contributed by atoms with van der Waals surface area (Å²) >= 11 is 0. The van der Waals surface area contributed by atoms with Crippen LogP contribution >= 0.6 is 0 Å². The number of hydrogen-bond donors (Lipinski definition) is 1. The Morgan fingerprint density at radius 1 is 0.926 bits per heavy atom. The highest BCUT2D eigenvalue weighted by molar-refractivity contribution is 7.83. The van der Waals surface area contributed by atoms with Gasteiger partial charge in [0.1, 0.15) is 0 Å². The fraction of sp³-hybridized carbons (Fsp3) is 0.455. The Morgan fingerprint density at radius 3 is 2.26 bits per heavy atom. The molecule has 0 amide bonds. The molecule has 1 fully saturated rings. The summed E-state index contributed by atoms with van der Waals surface area (Å²) in [6.07, 6.45) is 1.75. The Bertz CT molecular complexity index is 739. The molecule has 0 saturated carbocycles. The van der Waals surface area contributed by atoms with Gasteiger partial charge in [0, 0.05) is 67.8 Å². The predicted octanol–water partition coefficient (Wildman–Crippen LogP) is 3.00. The van der Waals surface area contributed by atoms with E-state index in [1.54, 1.807) is 6.26 Å². The summed E-state index contributed by atoms with van der Waals surface area (Å²) in [5, 5.41) is 3.58. The first-order chi connectivity index (χ1) is 13.2. The summed E-state index contributed by atoms with van der Waals surface area (Å²) in [6.45, 7) is 9.58. The topological polar surface area (TPSA) is 35.6 Å². The Labute approximate surface area is 166 Å². The smallest absolute Gasteiger partial charge is 0.0482 e. The van der Waals surface area contributed by atoms with E-state index in [1.165, 1.54) is 16.8 Å². The molecular formula is C22H31N3OS. The van der Waals surface area contributed by atoms with Gasteiger partial charge in [0.15, 0.2) is 0 Å². The molecule has 1 heterocycles. The molecule has 1 aliphatic rings. The molecule has 2 aromatic carbocycles. The molecule has 0 spiro atoms. The number of hydrogen-bond acceptors (Lipinski definition) is 4. The zero-order valence-electron chi connectivity index (χ0n) is 16.5. The van der Waals surface area contributed by atoms with E-state index in [0.29, 0.717) is 5.75 Å². The van der Waals surface area contributed by atoms with Crippen LogP contribution in [0.2, 0.25) is 0 Å². The quantitative estimate of drug-likeness (QED) is 0.758. The number of likely N-dealkylation sites (N-methyl/N-ethyl adjacent to an activating group) is 1. The van der Waals surface area contributed by atoms with Crippen LogP contribution in [0.4, 0.5) is 5.69 Å². The van der Waals surface area contributed by atoms with Crippen LogP contribution in [0.25, 0.3) is 0 Å². The fourth-order valence-electron chi connectivity index (χ4n) is 3.60. The van der Waals surface area contributed by atoms with E-state index in [9.17, 15) is 4.21 Å². The van der Waals surface area contributed by atoms with Crippen molar-refractivity contribution >= 4 is 16.5 Å². The van der Waals surface area contributed by atoms with E-state index in [4.69, 9.17) is 0 Å². The van der Waals surface area contributed by atoms with Crippen molar-refractivity contribution in [2.45, 2.75) is 25.8 Å². The van der Waals surface area contributed by atoms with E-state index < -0.39 is 10.8 Å². The molecule has 1 unspecified atom stereocenters. The molecule has 5 heteroatoms. The van der Waals surface area contributed by atoms with Crippen LogP contribution < -0.4 is 10.2 Å². The predicted molar refractivity (Wildman–Crippen MR) is 116 cm³/mol. The van der Waals surface area contributed by atoms with Crippen molar-refractivity contribution < 1.29 is 4.21 Å². The zero-order valence-corrected chi connectivity index (χ0v) is 17.3. The Balaban J connectivity index is 1.55. The van der Waals surface area contributed by atoms with Crippen LogP contribution in [-0.2, 0) is 29.6 Å². The monoisotopic (exact) mass is 385 g/mol. The lowest BCUT2D eigenvalue weighted by Gasteiger charge is -2.36. The Morgan fingerprint density at radius 2 is 1.59 bits per heavy atom. The van der Waals surface area contributed by atoms with Crippen LogP contribution in [0.15, 0.2) is 48.5 Å². The van der Waals surface area contributed by atoms with Crippen LogP contribution in [0.1, 0.15) is 23.6 Å². The average Bonchev–Trinajstić information content (AvgIpc) is 2.69. The van der Waals surface area contributed by atoms with Gasteiger partial charge in [0.25, 0.3) is 0 Å². The summed E-state index contributed by atoms with van der Waals surface area (Å²) in [5.74, 6) is 0.631. The van der Waals surface area contributed by atoms with Crippen molar-refractivity contribution in [1.82, 2.24) is 10.2 Å². The first-order valence-electron chi connectivity index (χ1n) is 9.79. The number of rotatable bonds is 8. The van der Waals surface area contributed by atoms with Crippen molar-refractivity contribution in [3.8, 4) is 0 Å². The number of piperazine rings is 1. The maximum absolute atomic E-state index is 11.3. The van der Waals surface area contributed by atoms with Gasteiger partial charge in [-0.15, -0.1) is 0 Å². The largest absolute Gasteiger partial charge is 0.369 e. The molecule has 4 nitrogen and oxygen atoms in total. The van der Waals surface area contributed by atoms with E-state index in [-0.39, 0.29) is 0 Å². The Kier molecular flexibility index (Phi) is 7.44. The van der Waals surface area contributed by atoms with Crippen molar-refractivity contribution in [3.63, 3.8) is 0 Å². The molecule has 1 atom stereocenters. The fourth-order valence-corrected chi connectivity index (χ4v) is 4.27. The van der Waals surface area contributed by atoms with Crippen molar-refractivity contribution in [2.24, 2.45) is 0 Å². The highest BCUT2D eigenvalue weighted by atomic mass is 32.2. The molecule has 3 rings (SSSR count). The SMILES string of the molecule is CCN1CCN(c2ccccc2CNCc2ccc(CS(C)=O)cc2)CC1. The van der Waals surface area contributed by atoms with E-state index in [0.717, 1.165) is 51.4 Å². The Hall–Kier alpha value is -1.69. The van der Waals surface area contributed by atoms with Crippen molar-refractivity contribution in [2.75, 3.05) is 43.9 Å². The van der Waals surface area contributed by atoms with Crippen molar-refractivity contribution in [3.05, 3.63) is 65.2 Å². The minimum absolute atomic E-state index is 0.631. The minimum Gasteiger partial charge on any atom is -0.369 e. The molecule has 27 heavy (non-hydrogen) atoms. The molecule has 0 aromatic heterocycles. The van der Waals surface area contributed by atoms with E-state index in [2.05, 4.69) is 70.6 Å². The first kappa shape index (κ1) is 20.1. The summed E-state index contributed by atoms with van der Waals surface area (Å²) < 4.78 is 11.3. The second-order valence-corrected chi connectivity index (χ2v) is 8.62. The first-order valence-corrected chi connectivity index (χ1v) is 11.5. The molecule has 0 bridgehead atoms. The average molecular weight is 386 g/mol. The van der Waals surface area contributed by atoms with Gasteiger partial charge < -0.3 is 15.1 Å². The molecule has 2 aromatic rings. The molecule has 0 aliphatic carbocycles. The zero-order chi connectivity index (χ0) is 19.1. The van der Waals surface area contributed by atoms with Gasteiger partial charge in [-0.2, -0.15) is 0 Å². The number of nitrogens with zero attached hydrogens (tertiary/aromatic N) is 2. The minimum atomic E-state index is -0.785. The molecule has 0 radical (unpaired) electrons. The third-order valence-corrected chi connectivity index (χ3v) is 5.93. The van der Waals surface area contributed by atoms with Crippen LogP contribution in [-0.4, -0.2) is 48.1 Å². The van der Waals surface area contributed by atoms with Crippen LogP contribution in [0.3, 0.4) is 0 Å². The summed E-state index contributed by atoms with van der Waals surface area (Å²) in [7, 11) is -0.785. The summed E-state index contributed by atoms with van der Waals surface area (Å²) in [6, 6.07) is 17.2. The highest BCUT2D eigenvalue weighted by Crippen LogP contribution is 2.22. The van der Waals surface area contributed by atoms with Gasteiger partial charge in [-0.1, -0.05) is 49.4 Å². The lowest BCUT2D eigenvalue weighted by atomic mass is 10.1. The third kappa shape index (κ3) is 5.89. The van der Waals surface area contributed by atoms with Gasteiger partial charge in [-0.05, 0) is 29.3 Å². The number of para-hydroxylation sites is 1. The molecule has 1 saturated heterocycles. The maximum Gasteiger partial charge on any atom is 0.0482 e. The highest BCUT2D eigenvalue weighted by Gasteiger charge is 2.17. The van der Waals surface area contributed by atoms with Gasteiger partial charge in [-0.25, -0.2) is 0 Å². The standard InChI is InChI=1S/C22H31N3OS/c1-3-24-12-14-25(15-13-24)22-7-5-4-6-21(22)17-23-16-19-8-10-20(11-9-19)18-27(2)26/h4-11,23H,3,12-18H2,1-2H3. The number of benzene rings is 2. The van der Waals surface area contributed by atoms with E-state index >= 15 is 0 Å². The molecular weight excluding hydrogens is 354 g/mol. The van der Waals surface area contributed by atoms with Gasteiger partial charge in [0.2, 0.25) is 0 Å². The van der Waals surface area contributed by atoms with Crippen LogP contribution in [0.5, 0.6) is 0 Å². The van der Waals surface area contributed by atoms with Gasteiger partial charge in [-0.3, -0.25) is 4.21 Å². The number of nitrogens with one attached hydrogen (secondary N) is 1. The van der Waals surface area contributed by atoms with Gasteiger partial charge >= 0.3 is 0 Å². The van der Waals surface area contributed by atoms with Crippen LogP contribution in [0, 0.1) is 0 Å². The number of anilines is 1. The second-order valence-electron chi connectivity index (χ2n) is 7.19. The molecule has 146 valence electrons. The van der Waals surface area contributed by atoms with E-state index in [1.807, 2.05) is 0 Å². The van der Waals surface area contributed by atoms with Crippen molar-refractivity contribution in [1.29, 1.82) is 0 Å². The lowest BCUT2D eigenvalue weighted by molar-refractivity contribution is 0.271.